The lowest BCUT2D eigenvalue weighted by Crippen LogP contribution is -2.49. The van der Waals surface area contributed by atoms with E-state index in [9.17, 15) is 19.2 Å². The number of halogens is 1. The van der Waals surface area contributed by atoms with Crippen LogP contribution in [-0.2, 0) is 39.8 Å². The van der Waals surface area contributed by atoms with Crippen molar-refractivity contribution in [3.8, 4) is 5.75 Å². The van der Waals surface area contributed by atoms with Crippen LogP contribution < -0.4 is 15.4 Å². The van der Waals surface area contributed by atoms with Gasteiger partial charge < -0.3 is 29.6 Å². The molecule has 6 atom stereocenters. The summed E-state index contributed by atoms with van der Waals surface area (Å²) in [6.45, 7) is 5.37. The van der Waals surface area contributed by atoms with Crippen LogP contribution >= 0.6 is 11.6 Å². The van der Waals surface area contributed by atoms with Crippen molar-refractivity contribution >= 4 is 35.4 Å². The Hall–Kier alpha value is -3.89. The fraction of sp³-hybridized carbons (Fsp3) is 0.471. The van der Waals surface area contributed by atoms with Crippen molar-refractivity contribution in [2.24, 2.45) is 11.8 Å². The third-order valence-corrected chi connectivity index (χ3v) is 7.93. The lowest BCUT2D eigenvalue weighted by atomic mass is 10.0. The first kappa shape index (κ1) is 34.0. The molecule has 2 aliphatic heterocycles. The number of benzene rings is 2. The second kappa shape index (κ2) is 15.9. The Labute approximate surface area is 268 Å². The molecule has 10 nitrogen and oxygen atoms in total. The van der Waals surface area contributed by atoms with E-state index >= 15 is 0 Å². The van der Waals surface area contributed by atoms with E-state index in [0.717, 1.165) is 5.56 Å². The van der Waals surface area contributed by atoms with Crippen molar-refractivity contribution < 1.29 is 38.1 Å². The van der Waals surface area contributed by atoms with Crippen molar-refractivity contribution in [1.82, 2.24) is 10.6 Å². The summed E-state index contributed by atoms with van der Waals surface area (Å²) in [7, 11) is 1.50. The molecular formula is C34H41ClN2O8. The van der Waals surface area contributed by atoms with Crippen LogP contribution in [0.1, 0.15) is 57.3 Å². The Balaban J connectivity index is 1.54. The largest absolute Gasteiger partial charge is 0.495 e. The van der Waals surface area contributed by atoms with Gasteiger partial charge in [-0.15, -0.1) is 0 Å². The molecule has 1 saturated heterocycles. The summed E-state index contributed by atoms with van der Waals surface area (Å²) in [6, 6.07) is 13.9. The maximum atomic E-state index is 13.3. The maximum Gasteiger partial charge on any atom is 0.347 e. The number of hydrogen-bond acceptors (Lipinski definition) is 8. The van der Waals surface area contributed by atoms with E-state index in [1.807, 2.05) is 44.2 Å². The van der Waals surface area contributed by atoms with Gasteiger partial charge in [0.25, 0.3) is 0 Å². The van der Waals surface area contributed by atoms with E-state index in [-0.39, 0.29) is 43.9 Å². The molecule has 4 rings (SSSR count). The summed E-state index contributed by atoms with van der Waals surface area (Å²) in [6.07, 6.45) is 1.90. The Morgan fingerprint density at radius 2 is 1.78 bits per heavy atom. The molecule has 2 aromatic carbocycles. The summed E-state index contributed by atoms with van der Waals surface area (Å²) < 4.78 is 22.6. The van der Waals surface area contributed by atoms with Crippen LogP contribution in [0.5, 0.6) is 5.75 Å². The number of esters is 2. The molecule has 2 heterocycles. The molecule has 2 aromatic rings. The van der Waals surface area contributed by atoms with Crippen LogP contribution in [0.3, 0.4) is 0 Å². The number of ether oxygens (including phenoxy) is 4. The highest BCUT2D eigenvalue weighted by Crippen LogP contribution is 2.42. The number of methoxy groups -OCH3 is 1. The first-order chi connectivity index (χ1) is 21.5. The first-order valence-corrected chi connectivity index (χ1v) is 15.6. The van der Waals surface area contributed by atoms with E-state index in [1.165, 1.54) is 13.2 Å². The third kappa shape index (κ3) is 10.1. The number of carbonyl (C=O) groups is 4. The van der Waals surface area contributed by atoms with Crippen LogP contribution in [0.2, 0.25) is 5.02 Å². The second-order valence-electron chi connectivity index (χ2n) is 11.9. The van der Waals surface area contributed by atoms with E-state index in [1.54, 1.807) is 31.2 Å². The van der Waals surface area contributed by atoms with Gasteiger partial charge in [0.15, 0.2) is 6.10 Å². The zero-order valence-corrected chi connectivity index (χ0v) is 26.8. The highest BCUT2D eigenvalue weighted by molar-refractivity contribution is 6.32. The minimum atomic E-state index is -1.11. The van der Waals surface area contributed by atoms with Crippen molar-refractivity contribution in [3.05, 3.63) is 76.8 Å². The average molecular weight is 641 g/mol. The monoisotopic (exact) mass is 640 g/mol. The fourth-order valence-electron chi connectivity index (χ4n) is 5.12. The van der Waals surface area contributed by atoms with Crippen LogP contribution in [0.4, 0.5) is 0 Å². The number of amides is 2. The average Bonchev–Trinajstić information content (AvgIpc) is 3.77. The molecule has 0 aromatic heterocycles. The highest BCUT2D eigenvalue weighted by atomic mass is 35.5. The number of cyclic esters (lactones) is 2. The van der Waals surface area contributed by atoms with Crippen LogP contribution in [-0.4, -0.2) is 61.8 Å². The highest BCUT2D eigenvalue weighted by Gasteiger charge is 2.42. The number of rotatable bonds is 8. The lowest BCUT2D eigenvalue weighted by Gasteiger charge is -2.24. The minimum Gasteiger partial charge on any atom is -0.495 e. The molecule has 0 aliphatic carbocycles. The van der Waals surface area contributed by atoms with Crippen molar-refractivity contribution in [3.63, 3.8) is 0 Å². The van der Waals surface area contributed by atoms with E-state index in [2.05, 4.69) is 10.6 Å². The van der Waals surface area contributed by atoms with Gasteiger partial charge in [-0.2, -0.15) is 0 Å². The molecule has 0 radical (unpaired) electrons. The van der Waals surface area contributed by atoms with Crippen molar-refractivity contribution in [1.29, 1.82) is 0 Å². The normalized spacial score (nSPS) is 27.2. The van der Waals surface area contributed by atoms with Gasteiger partial charge in [-0.1, -0.05) is 74.8 Å². The van der Waals surface area contributed by atoms with Crippen LogP contribution in [0, 0.1) is 11.8 Å². The molecule has 11 heteroatoms. The predicted molar refractivity (Wildman–Crippen MR) is 167 cm³/mol. The molecule has 2 amide bonds. The summed E-state index contributed by atoms with van der Waals surface area (Å²) >= 11 is 6.29. The molecule has 2 unspecified atom stereocenters. The molecule has 0 spiro atoms. The fourth-order valence-corrected chi connectivity index (χ4v) is 5.40. The summed E-state index contributed by atoms with van der Waals surface area (Å²) in [5.41, 5.74) is 1.73. The third-order valence-electron chi connectivity index (χ3n) is 7.64. The van der Waals surface area contributed by atoms with Crippen LogP contribution in [0.25, 0.3) is 0 Å². The first-order valence-electron chi connectivity index (χ1n) is 15.2. The molecule has 0 bridgehead atoms. The van der Waals surface area contributed by atoms with E-state index in [4.69, 9.17) is 30.5 Å². The van der Waals surface area contributed by atoms with Crippen LogP contribution in [0.15, 0.2) is 60.7 Å². The second-order valence-corrected chi connectivity index (χ2v) is 12.3. The van der Waals surface area contributed by atoms with Crippen molar-refractivity contribution in [2.45, 2.75) is 76.9 Å². The van der Waals surface area contributed by atoms with Gasteiger partial charge >= 0.3 is 11.9 Å². The summed E-state index contributed by atoms with van der Waals surface area (Å²) in [4.78, 5) is 52.6. The Bertz CT molecular complexity index is 1380. The molecule has 2 N–H and O–H groups in total. The number of hydrogen-bond donors (Lipinski definition) is 2. The molecule has 45 heavy (non-hydrogen) atoms. The smallest absolute Gasteiger partial charge is 0.347 e. The predicted octanol–water partition coefficient (Wildman–Crippen LogP) is 4.49. The van der Waals surface area contributed by atoms with Gasteiger partial charge in [0.05, 0.1) is 24.2 Å². The molecule has 0 saturated carbocycles. The zero-order valence-electron chi connectivity index (χ0n) is 26.0. The SMILES string of the molecule is COc1ccc(CC2NC(=O)/C=C/CC(C[C@H]3O[C@@H]3c3ccccc3)OC(=O)[C@H](CC(C)C)OC(=O)[C@H](C)CNC2=O)cc1Cl. The summed E-state index contributed by atoms with van der Waals surface area (Å²) in [5, 5.41) is 5.84. The number of nitrogens with one attached hydrogen (secondary N) is 2. The quantitative estimate of drug-likeness (QED) is 0.319. The van der Waals surface area contributed by atoms with Gasteiger partial charge in [-0.05, 0) is 41.7 Å². The van der Waals surface area contributed by atoms with Crippen molar-refractivity contribution in [2.75, 3.05) is 13.7 Å². The molecule has 1 fully saturated rings. The molecule has 2 aliphatic rings. The Kier molecular flexibility index (Phi) is 12.0. The van der Waals surface area contributed by atoms with Gasteiger partial charge in [0.2, 0.25) is 11.8 Å². The topological polar surface area (TPSA) is 133 Å². The van der Waals surface area contributed by atoms with E-state index in [0.29, 0.717) is 22.8 Å². The van der Waals surface area contributed by atoms with Gasteiger partial charge in [0.1, 0.15) is 24.0 Å². The van der Waals surface area contributed by atoms with Gasteiger partial charge in [-0.25, -0.2) is 4.79 Å². The maximum absolute atomic E-state index is 13.3. The Morgan fingerprint density at radius 1 is 1.02 bits per heavy atom. The van der Waals surface area contributed by atoms with Gasteiger partial charge in [-0.3, -0.25) is 14.4 Å². The minimum absolute atomic E-state index is 0.0411. The number of carbonyl (C=O) groups excluding carboxylic acids is 4. The molecular weight excluding hydrogens is 600 g/mol. The lowest BCUT2D eigenvalue weighted by molar-refractivity contribution is -0.174. The van der Waals surface area contributed by atoms with E-state index < -0.39 is 47.9 Å². The molecule has 242 valence electrons. The van der Waals surface area contributed by atoms with Gasteiger partial charge in [0, 0.05) is 25.8 Å². The standard InChI is InChI=1S/C34H41ClN2O8/c1-20(2)15-29-34(41)43-24(18-28-31(44-28)23-9-6-5-7-10-23)11-8-12-30(38)37-26(32(39)36-19-21(3)33(40)45-29)17-22-13-14-27(42-4)25(35)16-22/h5-10,12-14,16,20-21,24,26,28-29,31H,11,15,17-19H2,1-4H3,(H,36,39)(H,37,38)/b12-8+/t21-,24?,26?,28-,29+,31-/m1/s1. The zero-order chi connectivity index (χ0) is 32.5. The Morgan fingerprint density at radius 3 is 2.47 bits per heavy atom. The summed E-state index contributed by atoms with van der Waals surface area (Å²) in [5.74, 6) is -2.51. The number of epoxide rings is 1.